The molecule has 0 spiro atoms. The second kappa shape index (κ2) is 13.9. The Kier molecular flexibility index (Phi) is 7.69. The van der Waals surface area contributed by atoms with Crippen molar-refractivity contribution in [1.29, 1.82) is 0 Å². The standard InChI is InChI=1S/C62H36N2O/c1-2-10-42(11-3-1)62-63-54(36-55(64-62)45-30-31-57-52(34-45)48-17-4-5-21-56(48)65-57)38-24-22-37(23-25-38)43-15-6-16-44(32-43)47-33-46-29-28-41-13-8-19-50-49-18-7-12-39-26-27-40-14-9-20-51(60(40)58(39)49)53(35-47)61(46)59(41)50/h1-36H. The molecule has 0 bridgehead atoms. The van der Waals surface area contributed by atoms with Crippen LogP contribution in [0.1, 0.15) is 0 Å². The maximum Gasteiger partial charge on any atom is 0.160 e. The Morgan fingerprint density at radius 3 is 1.45 bits per heavy atom. The monoisotopic (exact) mass is 824 g/mol. The van der Waals surface area contributed by atoms with Crippen molar-refractivity contribution in [3.8, 4) is 56.2 Å². The average molecular weight is 825 g/mol. The number of aromatic nitrogens is 2. The molecule has 0 aliphatic carbocycles. The molecule has 65 heavy (non-hydrogen) atoms. The zero-order valence-corrected chi connectivity index (χ0v) is 35.1. The van der Waals surface area contributed by atoms with Gasteiger partial charge in [0.05, 0.1) is 11.4 Å². The molecule has 0 aliphatic heterocycles. The molecule has 0 unspecified atom stereocenters. The number of rotatable bonds is 5. The van der Waals surface area contributed by atoms with Crippen molar-refractivity contribution in [3.63, 3.8) is 0 Å². The van der Waals surface area contributed by atoms with E-state index < -0.39 is 0 Å². The molecule has 3 nitrogen and oxygen atoms in total. The number of fused-ring (bicyclic) bond motifs is 5. The average Bonchev–Trinajstić information content (AvgIpc) is 3.75. The molecule has 300 valence electrons. The minimum atomic E-state index is 0.689. The van der Waals surface area contributed by atoms with Crippen LogP contribution in [0.25, 0.3) is 143 Å². The van der Waals surface area contributed by atoms with Crippen molar-refractivity contribution < 1.29 is 4.42 Å². The maximum absolute atomic E-state index is 6.16. The van der Waals surface area contributed by atoms with Crippen molar-refractivity contribution in [3.05, 3.63) is 218 Å². The maximum atomic E-state index is 6.16. The highest BCUT2D eigenvalue weighted by Gasteiger charge is 2.18. The van der Waals surface area contributed by atoms with Crippen LogP contribution in [0.4, 0.5) is 0 Å². The van der Waals surface area contributed by atoms with Gasteiger partial charge in [-0.05, 0) is 135 Å². The Morgan fingerprint density at radius 2 is 0.738 bits per heavy atom. The summed E-state index contributed by atoms with van der Waals surface area (Å²) in [5.41, 5.74) is 11.2. The van der Waals surface area contributed by atoms with Crippen LogP contribution >= 0.6 is 0 Å². The summed E-state index contributed by atoms with van der Waals surface area (Å²) in [7, 11) is 0. The highest BCUT2D eigenvalue weighted by molar-refractivity contribution is 6.37. The predicted octanol–water partition coefficient (Wildman–Crippen LogP) is 17.1. The smallest absolute Gasteiger partial charge is 0.160 e. The highest BCUT2D eigenvalue weighted by atomic mass is 16.3. The van der Waals surface area contributed by atoms with E-state index in [9.17, 15) is 0 Å². The Bertz CT molecular complexity index is 4220. The summed E-state index contributed by atoms with van der Waals surface area (Å²) in [6, 6.07) is 78.9. The van der Waals surface area contributed by atoms with E-state index in [1.807, 2.05) is 36.4 Å². The first kappa shape index (κ1) is 35.9. The van der Waals surface area contributed by atoms with Crippen molar-refractivity contribution in [2.45, 2.75) is 0 Å². The SMILES string of the molecule is c1ccc(-c2nc(-c3ccc(-c4cccc(-c5cc6ccc7cccc8c9cccc%10ccc%11cccc(c(c5)c6c78)c%11c%109)c4)cc3)cc(-c3ccc4oc5ccccc5c4c3)n2)cc1. The van der Waals surface area contributed by atoms with Gasteiger partial charge in [-0.2, -0.15) is 0 Å². The molecule has 3 heteroatoms. The minimum Gasteiger partial charge on any atom is -0.456 e. The van der Waals surface area contributed by atoms with E-state index in [-0.39, 0.29) is 0 Å². The molecule has 14 rings (SSSR count). The molecule has 0 fully saturated rings. The molecule has 14 aromatic rings. The van der Waals surface area contributed by atoms with Crippen LogP contribution < -0.4 is 0 Å². The van der Waals surface area contributed by atoms with Crippen LogP contribution in [-0.2, 0) is 0 Å². The van der Waals surface area contributed by atoms with E-state index in [0.29, 0.717) is 5.82 Å². The van der Waals surface area contributed by atoms with Crippen LogP contribution in [0.15, 0.2) is 223 Å². The highest BCUT2D eigenvalue weighted by Crippen LogP contribution is 2.45. The molecule has 0 amide bonds. The number of furan rings is 1. The number of hydrogen-bond acceptors (Lipinski definition) is 3. The van der Waals surface area contributed by atoms with E-state index >= 15 is 0 Å². The van der Waals surface area contributed by atoms with E-state index in [1.54, 1.807) is 0 Å². The van der Waals surface area contributed by atoms with Crippen molar-refractivity contribution in [2.75, 3.05) is 0 Å². The topological polar surface area (TPSA) is 38.9 Å². The van der Waals surface area contributed by atoms with Crippen LogP contribution in [0.3, 0.4) is 0 Å². The summed E-state index contributed by atoms with van der Waals surface area (Å²) in [5.74, 6) is 0.689. The molecule has 0 atom stereocenters. The fourth-order valence-corrected chi connectivity index (χ4v) is 10.5. The Morgan fingerprint density at radius 1 is 0.246 bits per heavy atom. The number of nitrogens with zero attached hydrogens (tertiary/aromatic N) is 2. The lowest BCUT2D eigenvalue weighted by molar-refractivity contribution is 0.669. The van der Waals surface area contributed by atoms with Gasteiger partial charge in [-0.1, -0.05) is 170 Å². The predicted molar refractivity (Wildman–Crippen MR) is 273 cm³/mol. The van der Waals surface area contributed by atoms with Gasteiger partial charge in [-0.15, -0.1) is 0 Å². The molecule has 0 aliphatic rings. The zero-order valence-electron chi connectivity index (χ0n) is 35.1. The molecule has 0 radical (unpaired) electrons. The zero-order chi connectivity index (χ0) is 42.6. The van der Waals surface area contributed by atoms with E-state index in [2.05, 4.69) is 182 Å². The summed E-state index contributed by atoms with van der Waals surface area (Å²) < 4.78 is 6.16. The molecule has 12 aromatic carbocycles. The molecular formula is C62H36N2O. The lowest BCUT2D eigenvalue weighted by Crippen LogP contribution is -1.96. The van der Waals surface area contributed by atoms with E-state index in [1.165, 1.54) is 75.8 Å². The molecule has 0 saturated carbocycles. The Balaban J connectivity index is 0.894. The van der Waals surface area contributed by atoms with Crippen LogP contribution in [0.2, 0.25) is 0 Å². The quantitative estimate of drug-likeness (QED) is 0.162. The second-order valence-electron chi connectivity index (χ2n) is 17.3. The molecular weight excluding hydrogens is 789 g/mol. The van der Waals surface area contributed by atoms with Gasteiger partial charge in [0.1, 0.15) is 11.2 Å². The summed E-state index contributed by atoms with van der Waals surface area (Å²) in [5, 5.41) is 17.6. The third-order valence-electron chi connectivity index (χ3n) is 13.6. The Labute approximate surface area is 373 Å². The summed E-state index contributed by atoms with van der Waals surface area (Å²) >= 11 is 0. The third-order valence-corrected chi connectivity index (χ3v) is 13.6. The first-order valence-corrected chi connectivity index (χ1v) is 22.2. The molecule has 0 saturated heterocycles. The van der Waals surface area contributed by atoms with Gasteiger partial charge >= 0.3 is 0 Å². The van der Waals surface area contributed by atoms with Crippen LogP contribution in [0.5, 0.6) is 0 Å². The molecule has 2 heterocycles. The number of para-hydroxylation sites is 1. The lowest BCUT2D eigenvalue weighted by atomic mass is 9.86. The number of hydrogen-bond donors (Lipinski definition) is 0. The van der Waals surface area contributed by atoms with Crippen molar-refractivity contribution in [2.24, 2.45) is 0 Å². The van der Waals surface area contributed by atoms with Gasteiger partial charge in [-0.25, -0.2) is 9.97 Å². The third kappa shape index (κ3) is 5.62. The van der Waals surface area contributed by atoms with Crippen molar-refractivity contribution in [1.82, 2.24) is 9.97 Å². The van der Waals surface area contributed by atoms with Gasteiger partial charge in [0.15, 0.2) is 5.82 Å². The largest absolute Gasteiger partial charge is 0.456 e. The van der Waals surface area contributed by atoms with Crippen molar-refractivity contribution >= 4 is 86.6 Å². The second-order valence-corrected chi connectivity index (χ2v) is 17.3. The summed E-state index contributed by atoms with van der Waals surface area (Å²) in [6.07, 6.45) is 0. The summed E-state index contributed by atoms with van der Waals surface area (Å²) in [4.78, 5) is 10.3. The van der Waals surface area contributed by atoms with Gasteiger partial charge in [0.2, 0.25) is 0 Å². The fourth-order valence-electron chi connectivity index (χ4n) is 10.5. The minimum absolute atomic E-state index is 0.689. The Hall–Kier alpha value is -8.66. The van der Waals surface area contributed by atoms with E-state index in [4.69, 9.17) is 14.4 Å². The number of benzene rings is 11. The van der Waals surface area contributed by atoms with E-state index in [0.717, 1.165) is 61.1 Å². The van der Waals surface area contributed by atoms with Gasteiger partial charge in [-0.3, -0.25) is 0 Å². The summed E-state index contributed by atoms with van der Waals surface area (Å²) in [6.45, 7) is 0. The molecule has 0 N–H and O–H groups in total. The fraction of sp³-hybridized carbons (Fsp3) is 0. The van der Waals surface area contributed by atoms with Gasteiger partial charge in [0.25, 0.3) is 0 Å². The molecule has 2 aromatic heterocycles. The van der Waals surface area contributed by atoms with Gasteiger partial charge < -0.3 is 4.42 Å². The first-order chi connectivity index (χ1) is 32.2. The first-order valence-electron chi connectivity index (χ1n) is 22.2. The van der Waals surface area contributed by atoms with Crippen LogP contribution in [-0.4, -0.2) is 9.97 Å². The van der Waals surface area contributed by atoms with Gasteiger partial charge in [0, 0.05) is 27.5 Å². The normalized spacial score (nSPS) is 12.0. The van der Waals surface area contributed by atoms with Crippen LogP contribution in [0, 0.1) is 0 Å². The lowest BCUT2D eigenvalue weighted by Gasteiger charge is -2.17.